The summed E-state index contributed by atoms with van der Waals surface area (Å²) in [6.07, 6.45) is 3.75. The second-order valence-electron chi connectivity index (χ2n) is 6.58. The monoisotopic (exact) mass is 338 g/mol. The van der Waals surface area contributed by atoms with Gasteiger partial charge in [-0.25, -0.2) is 0 Å². The lowest BCUT2D eigenvalue weighted by Crippen LogP contribution is -2.18. The van der Waals surface area contributed by atoms with Gasteiger partial charge in [0.15, 0.2) is 0 Å². The topological polar surface area (TPSA) is 41.6 Å². The molecule has 25 heavy (non-hydrogen) atoms. The van der Waals surface area contributed by atoms with Crippen LogP contribution < -0.4 is 10.1 Å². The maximum Gasteiger partial charge on any atom is 0.224 e. The molecule has 0 radical (unpaired) electrons. The molecule has 0 atom stereocenters. The first kappa shape index (κ1) is 17.5. The number of ether oxygens (including phenoxy) is 1. The van der Waals surface area contributed by atoms with Gasteiger partial charge in [-0.1, -0.05) is 24.3 Å². The number of amides is 1. The van der Waals surface area contributed by atoms with Gasteiger partial charge in [-0.2, -0.15) is 0 Å². The Labute approximate surface area is 149 Å². The third-order valence-corrected chi connectivity index (χ3v) is 4.59. The Morgan fingerprint density at radius 1 is 1.08 bits per heavy atom. The van der Waals surface area contributed by atoms with Crippen LogP contribution in [0.15, 0.2) is 48.5 Å². The Bertz CT molecular complexity index is 709. The summed E-state index contributed by atoms with van der Waals surface area (Å²) < 4.78 is 5.22. The van der Waals surface area contributed by atoms with Crippen LogP contribution in [0.25, 0.3) is 0 Å². The predicted molar refractivity (Wildman–Crippen MR) is 101 cm³/mol. The molecular formula is C21H26N2O2. The number of carbonyl (C=O) groups excluding carboxylic acids is 1. The second-order valence-corrected chi connectivity index (χ2v) is 6.58. The molecule has 3 rings (SSSR count). The lowest BCUT2D eigenvalue weighted by Gasteiger charge is -2.15. The van der Waals surface area contributed by atoms with Gasteiger partial charge in [0.1, 0.15) is 5.75 Å². The highest BCUT2D eigenvalue weighted by atomic mass is 16.5. The minimum atomic E-state index is 0.0427. The fraction of sp³-hybridized carbons (Fsp3) is 0.381. The molecule has 1 N–H and O–H groups in total. The van der Waals surface area contributed by atoms with E-state index in [0.29, 0.717) is 12.8 Å². The number of hydrogen-bond donors (Lipinski definition) is 1. The van der Waals surface area contributed by atoms with E-state index in [0.717, 1.165) is 23.5 Å². The van der Waals surface area contributed by atoms with E-state index in [-0.39, 0.29) is 5.91 Å². The maximum absolute atomic E-state index is 12.2. The molecule has 1 aliphatic heterocycles. The van der Waals surface area contributed by atoms with E-state index in [1.54, 1.807) is 7.11 Å². The van der Waals surface area contributed by atoms with Gasteiger partial charge in [0, 0.05) is 18.7 Å². The summed E-state index contributed by atoms with van der Waals surface area (Å²) in [4.78, 5) is 14.7. The molecular weight excluding hydrogens is 312 g/mol. The van der Waals surface area contributed by atoms with Gasteiger partial charge in [-0.15, -0.1) is 0 Å². The molecule has 1 saturated heterocycles. The Morgan fingerprint density at radius 2 is 1.84 bits per heavy atom. The predicted octanol–water partition coefficient (Wildman–Crippen LogP) is 3.86. The summed E-state index contributed by atoms with van der Waals surface area (Å²) in [5.41, 5.74) is 3.25. The van der Waals surface area contributed by atoms with Crippen LogP contribution in [0.2, 0.25) is 0 Å². The molecule has 1 aliphatic rings. The lowest BCUT2D eigenvalue weighted by molar-refractivity contribution is -0.116. The van der Waals surface area contributed by atoms with Crippen LogP contribution in [0, 0.1) is 0 Å². The number of likely N-dealkylation sites (tertiary alicyclic amines) is 1. The van der Waals surface area contributed by atoms with Crippen molar-refractivity contribution >= 4 is 11.6 Å². The fourth-order valence-corrected chi connectivity index (χ4v) is 3.26. The largest absolute Gasteiger partial charge is 0.497 e. The highest BCUT2D eigenvalue weighted by Crippen LogP contribution is 2.17. The molecule has 2 aromatic carbocycles. The van der Waals surface area contributed by atoms with Gasteiger partial charge in [-0.3, -0.25) is 9.69 Å². The summed E-state index contributed by atoms with van der Waals surface area (Å²) >= 11 is 0. The van der Waals surface area contributed by atoms with Crippen LogP contribution in [0.4, 0.5) is 5.69 Å². The van der Waals surface area contributed by atoms with Gasteiger partial charge in [0.05, 0.1) is 7.11 Å². The average Bonchev–Trinajstić information content (AvgIpc) is 3.13. The zero-order valence-corrected chi connectivity index (χ0v) is 14.8. The molecule has 4 heteroatoms. The van der Waals surface area contributed by atoms with Crippen molar-refractivity contribution in [2.75, 3.05) is 25.5 Å². The number of aryl methyl sites for hydroxylation is 1. The third-order valence-electron chi connectivity index (χ3n) is 4.59. The summed E-state index contributed by atoms with van der Waals surface area (Å²) in [7, 11) is 1.65. The minimum absolute atomic E-state index is 0.0427. The summed E-state index contributed by atoms with van der Waals surface area (Å²) in [6.45, 7) is 3.32. The molecule has 132 valence electrons. The average molecular weight is 338 g/mol. The van der Waals surface area contributed by atoms with E-state index in [4.69, 9.17) is 4.74 Å². The molecule has 2 aromatic rings. The number of rotatable bonds is 7. The van der Waals surface area contributed by atoms with Crippen molar-refractivity contribution in [1.29, 1.82) is 0 Å². The first-order valence-corrected chi connectivity index (χ1v) is 8.97. The molecule has 0 spiro atoms. The van der Waals surface area contributed by atoms with E-state index in [9.17, 15) is 4.79 Å². The number of carbonyl (C=O) groups is 1. The molecule has 4 nitrogen and oxygen atoms in total. The van der Waals surface area contributed by atoms with Crippen molar-refractivity contribution in [3.05, 3.63) is 59.7 Å². The molecule has 0 bridgehead atoms. The van der Waals surface area contributed by atoms with Crippen molar-refractivity contribution in [3.8, 4) is 5.75 Å². The Kier molecular flexibility index (Phi) is 6.07. The first-order chi connectivity index (χ1) is 12.2. The smallest absolute Gasteiger partial charge is 0.224 e. The number of hydrogen-bond acceptors (Lipinski definition) is 3. The normalized spacial score (nSPS) is 14.4. The van der Waals surface area contributed by atoms with Crippen LogP contribution in [0.5, 0.6) is 5.75 Å². The van der Waals surface area contributed by atoms with Crippen molar-refractivity contribution < 1.29 is 9.53 Å². The van der Waals surface area contributed by atoms with Crippen molar-refractivity contribution in [1.82, 2.24) is 4.90 Å². The summed E-state index contributed by atoms with van der Waals surface area (Å²) in [5, 5.41) is 3.02. The zero-order chi connectivity index (χ0) is 17.5. The zero-order valence-electron chi connectivity index (χ0n) is 14.8. The van der Waals surface area contributed by atoms with Crippen molar-refractivity contribution in [2.45, 2.75) is 32.2 Å². The molecule has 0 unspecified atom stereocenters. The number of nitrogens with zero attached hydrogens (tertiary/aromatic N) is 1. The molecule has 1 amide bonds. The number of methoxy groups -OCH3 is 1. The van der Waals surface area contributed by atoms with Crippen LogP contribution in [-0.4, -0.2) is 31.0 Å². The van der Waals surface area contributed by atoms with Gasteiger partial charge in [0.2, 0.25) is 5.91 Å². The van der Waals surface area contributed by atoms with Gasteiger partial charge in [-0.05, 0) is 67.7 Å². The van der Waals surface area contributed by atoms with Gasteiger partial charge < -0.3 is 10.1 Å². The van der Waals surface area contributed by atoms with Crippen molar-refractivity contribution in [2.24, 2.45) is 0 Å². The Hall–Kier alpha value is -2.33. The van der Waals surface area contributed by atoms with Crippen LogP contribution in [0.3, 0.4) is 0 Å². The maximum atomic E-state index is 12.2. The van der Waals surface area contributed by atoms with Gasteiger partial charge >= 0.3 is 0 Å². The van der Waals surface area contributed by atoms with E-state index in [1.807, 2.05) is 36.4 Å². The highest BCUT2D eigenvalue weighted by molar-refractivity contribution is 5.90. The molecule has 0 aromatic heterocycles. The van der Waals surface area contributed by atoms with Crippen LogP contribution in [-0.2, 0) is 17.8 Å². The number of benzene rings is 2. The van der Waals surface area contributed by atoms with E-state index in [1.165, 1.54) is 31.5 Å². The minimum Gasteiger partial charge on any atom is -0.497 e. The first-order valence-electron chi connectivity index (χ1n) is 8.97. The molecule has 1 heterocycles. The van der Waals surface area contributed by atoms with Crippen LogP contribution >= 0.6 is 0 Å². The van der Waals surface area contributed by atoms with Crippen molar-refractivity contribution in [3.63, 3.8) is 0 Å². The quantitative estimate of drug-likeness (QED) is 0.833. The second kappa shape index (κ2) is 8.67. The Balaban J connectivity index is 1.51. The highest BCUT2D eigenvalue weighted by Gasteiger charge is 2.12. The summed E-state index contributed by atoms with van der Waals surface area (Å²) in [5.74, 6) is 0.869. The van der Waals surface area contributed by atoms with Gasteiger partial charge in [0.25, 0.3) is 0 Å². The third kappa shape index (κ3) is 5.33. The molecule has 0 saturated carbocycles. The number of anilines is 1. The Morgan fingerprint density at radius 3 is 2.64 bits per heavy atom. The SMILES string of the molecule is COc1cccc(CCC(=O)Nc2cccc(CN3CCCC3)c2)c1. The lowest BCUT2D eigenvalue weighted by atomic mass is 10.1. The van der Waals surface area contributed by atoms with E-state index < -0.39 is 0 Å². The van der Waals surface area contributed by atoms with E-state index >= 15 is 0 Å². The summed E-state index contributed by atoms with van der Waals surface area (Å²) in [6, 6.07) is 16.0. The number of nitrogens with one attached hydrogen (secondary N) is 1. The standard InChI is InChI=1S/C21H26N2O2/c1-25-20-9-5-6-17(15-20)10-11-21(24)22-19-8-4-7-18(14-19)16-23-12-2-3-13-23/h4-9,14-15H,2-3,10-13,16H2,1H3,(H,22,24). The van der Waals surface area contributed by atoms with E-state index in [2.05, 4.69) is 22.3 Å². The fourth-order valence-electron chi connectivity index (χ4n) is 3.26. The van der Waals surface area contributed by atoms with Crippen LogP contribution in [0.1, 0.15) is 30.4 Å². The molecule has 1 fully saturated rings. The molecule has 0 aliphatic carbocycles.